The average Bonchev–Trinajstić information content (AvgIpc) is 3.13. The highest BCUT2D eigenvalue weighted by Crippen LogP contribution is 2.26. The number of rotatable bonds is 3. The number of hydrogen-bond acceptors (Lipinski definition) is 5. The maximum Gasteiger partial charge on any atom is 0.277 e. The Labute approximate surface area is 110 Å². The Hall–Kier alpha value is -2.44. The van der Waals surface area contributed by atoms with Gasteiger partial charge in [-0.1, -0.05) is 0 Å². The van der Waals surface area contributed by atoms with Crippen LogP contribution in [0.1, 0.15) is 23.3 Å². The summed E-state index contributed by atoms with van der Waals surface area (Å²) < 4.78 is 0. The fraction of sp³-hybridized carbons (Fsp3) is 0.333. The van der Waals surface area contributed by atoms with Gasteiger partial charge in [-0.15, -0.1) is 0 Å². The van der Waals surface area contributed by atoms with Gasteiger partial charge in [0.1, 0.15) is 0 Å². The van der Waals surface area contributed by atoms with Crippen molar-refractivity contribution in [1.82, 2.24) is 20.4 Å². The molecular weight excluding hydrogens is 244 g/mol. The van der Waals surface area contributed by atoms with E-state index in [4.69, 9.17) is 0 Å². The number of pyridine rings is 1. The van der Waals surface area contributed by atoms with Crippen LogP contribution in [-0.2, 0) is 0 Å². The first-order valence-corrected chi connectivity index (χ1v) is 6.22. The maximum absolute atomic E-state index is 12.0. The summed E-state index contributed by atoms with van der Waals surface area (Å²) in [7, 11) is 0. The van der Waals surface area contributed by atoms with Crippen LogP contribution in [0.25, 0.3) is 0 Å². The van der Waals surface area contributed by atoms with Gasteiger partial charge in [0.25, 0.3) is 5.91 Å². The summed E-state index contributed by atoms with van der Waals surface area (Å²) in [5.74, 6) is 0.527. The lowest BCUT2D eigenvalue weighted by molar-refractivity contribution is 0.102. The highest BCUT2D eigenvalue weighted by atomic mass is 16.2. The van der Waals surface area contributed by atoms with Crippen LogP contribution in [-0.4, -0.2) is 39.4 Å². The molecule has 0 radical (unpaired) electrons. The minimum absolute atomic E-state index is 0.260. The van der Waals surface area contributed by atoms with Gasteiger partial charge in [0, 0.05) is 19.3 Å². The van der Waals surface area contributed by atoms with Crippen LogP contribution < -0.4 is 10.2 Å². The zero-order chi connectivity index (χ0) is 13.1. The molecule has 1 amide bonds. The summed E-state index contributed by atoms with van der Waals surface area (Å²) in [5, 5.41) is 12.6. The van der Waals surface area contributed by atoms with E-state index in [0.717, 1.165) is 31.7 Å². The molecule has 0 aromatic carbocycles. The third-order valence-corrected chi connectivity index (χ3v) is 3.09. The first kappa shape index (κ1) is 11.6. The Morgan fingerprint density at radius 1 is 1.37 bits per heavy atom. The molecule has 3 heterocycles. The molecule has 1 aliphatic rings. The molecule has 0 bridgehead atoms. The molecule has 1 fully saturated rings. The monoisotopic (exact) mass is 258 g/mol. The van der Waals surface area contributed by atoms with Gasteiger partial charge in [0.2, 0.25) is 0 Å². The number of nitrogens with one attached hydrogen (secondary N) is 2. The first-order chi connectivity index (χ1) is 9.34. The molecule has 0 atom stereocenters. The number of aromatic nitrogens is 4. The van der Waals surface area contributed by atoms with Crippen LogP contribution in [0.15, 0.2) is 24.5 Å². The molecule has 19 heavy (non-hydrogen) atoms. The van der Waals surface area contributed by atoms with Gasteiger partial charge in [0.15, 0.2) is 11.5 Å². The van der Waals surface area contributed by atoms with E-state index in [9.17, 15) is 4.79 Å². The second-order valence-electron chi connectivity index (χ2n) is 4.38. The van der Waals surface area contributed by atoms with Crippen molar-refractivity contribution < 1.29 is 4.79 Å². The molecule has 7 nitrogen and oxygen atoms in total. The van der Waals surface area contributed by atoms with Gasteiger partial charge in [-0.25, -0.2) is 4.98 Å². The minimum atomic E-state index is -0.290. The van der Waals surface area contributed by atoms with Crippen molar-refractivity contribution in [2.45, 2.75) is 12.8 Å². The fourth-order valence-electron chi connectivity index (χ4n) is 2.17. The molecule has 1 saturated heterocycles. The summed E-state index contributed by atoms with van der Waals surface area (Å²) in [4.78, 5) is 18.5. The number of anilines is 2. The Balaban J connectivity index is 1.82. The number of H-pyrrole nitrogens is 1. The summed E-state index contributed by atoms with van der Waals surface area (Å²) in [6.07, 6.45) is 5.45. The van der Waals surface area contributed by atoms with Crippen LogP contribution in [0, 0.1) is 0 Å². The van der Waals surface area contributed by atoms with Gasteiger partial charge in [-0.2, -0.15) is 15.4 Å². The number of amides is 1. The molecule has 2 aromatic heterocycles. The molecule has 0 saturated carbocycles. The summed E-state index contributed by atoms with van der Waals surface area (Å²) in [6.45, 7) is 1.95. The van der Waals surface area contributed by atoms with Crippen molar-refractivity contribution in [2.24, 2.45) is 0 Å². The standard InChI is InChI=1S/C12H14N6O/c19-12(10-8-14-17-16-10)15-9-4-3-5-13-11(9)18-6-1-2-7-18/h3-5,8H,1-2,6-7H2,(H,15,19)(H,14,16,17). The van der Waals surface area contributed by atoms with E-state index >= 15 is 0 Å². The van der Waals surface area contributed by atoms with E-state index in [-0.39, 0.29) is 11.6 Å². The third kappa shape index (κ3) is 2.40. The molecule has 2 N–H and O–H groups in total. The van der Waals surface area contributed by atoms with Crippen molar-refractivity contribution in [3.8, 4) is 0 Å². The van der Waals surface area contributed by atoms with Crippen LogP contribution >= 0.6 is 0 Å². The van der Waals surface area contributed by atoms with E-state index in [1.807, 2.05) is 6.07 Å². The van der Waals surface area contributed by atoms with Crippen LogP contribution in [0.4, 0.5) is 11.5 Å². The zero-order valence-electron chi connectivity index (χ0n) is 10.3. The molecular formula is C12H14N6O. The van der Waals surface area contributed by atoms with Gasteiger partial charge in [-0.05, 0) is 25.0 Å². The molecule has 0 spiro atoms. The molecule has 98 valence electrons. The molecule has 1 aliphatic heterocycles. The first-order valence-electron chi connectivity index (χ1n) is 6.22. The van der Waals surface area contributed by atoms with Crippen LogP contribution in [0.2, 0.25) is 0 Å². The zero-order valence-corrected chi connectivity index (χ0v) is 10.3. The van der Waals surface area contributed by atoms with Gasteiger partial charge in [-0.3, -0.25) is 4.79 Å². The SMILES string of the molecule is O=C(Nc1cccnc1N1CCCC1)c1cn[nH]n1. The quantitative estimate of drug-likeness (QED) is 0.859. The van der Waals surface area contributed by atoms with Crippen molar-refractivity contribution >= 4 is 17.4 Å². The van der Waals surface area contributed by atoms with Crippen molar-refractivity contribution in [3.63, 3.8) is 0 Å². The number of carbonyl (C=O) groups is 1. The Kier molecular flexibility index (Phi) is 3.09. The largest absolute Gasteiger partial charge is 0.355 e. The lowest BCUT2D eigenvalue weighted by Crippen LogP contribution is -2.22. The molecule has 3 rings (SSSR count). The smallest absolute Gasteiger partial charge is 0.277 e. The lowest BCUT2D eigenvalue weighted by Gasteiger charge is -2.19. The van der Waals surface area contributed by atoms with Crippen molar-refractivity contribution in [2.75, 3.05) is 23.3 Å². The molecule has 7 heteroatoms. The number of nitrogens with zero attached hydrogens (tertiary/aromatic N) is 4. The van der Waals surface area contributed by atoms with Gasteiger partial charge in [0.05, 0.1) is 11.9 Å². The van der Waals surface area contributed by atoms with Crippen LogP contribution in [0.5, 0.6) is 0 Å². The topological polar surface area (TPSA) is 86.8 Å². The number of carbonyl (C=O) groups excluding carboxylic acids is 1. The van der Waals surface area contributed by atoms with E-state index in [2.05, 4.69) is 30.6 Å². The van der Waals surface area contributed by atoms with Crippen LogP contribution in [0.3, 0.4) is 0 Å². The molecule has 0 aliphatic carbocycles. The van der Waals surface area contributed by atoms with Crippen molar-refractivity contribution in [3.05, 3.63) is 30.2 Å². The minimum Gasteiger partial charge on any atom is -0.355 e. The Morgan fingerprint density at radius 2 is 2.21 bits per heavy atom. The lowest BCUT2D eigenvalue weighted by atomic mass is 10.3. The van der Waals surface area contributed by atoms with E-state index in [1.54, 1.807) is 12.3 Å². The molecule has 0 unspecified atom stereocenters. The third-order valence-electron chi connectivity index (χ3n) is 3.09. The average molecular weight is 258 g/mol. The molecule has 2 aromatic rings. The summed E-state index contributed by atoms with van der Waals surface area (Å²) >= 11 is 0. The number of hydrogen-bond donors (Lipinski definition) is 2. The van der Waals surface area contributed by atoms with E-state index in [0.29, 0.717) is 5.69 Å². The van der Waals surface area contributed by atoms with E-state index in [1.165, 1.54) is 6.20 Å². The Morgan fingerprint density at radius 3 is 2.95 bits per heavy atom. The predicted molar refractivity (Wildman–Crippen MR) is 70.0 cm³/mol. The predicted octanol–water partition coefficient (Wildman–Crippen LogP) is 1.05. The Bertz CT molecular complexity index is 561. The second-order valence-corrected chi connectivity index (χ2v) is 4.38. The summed E-state index contributed by atoms with van der Waals surface area (Å²) in [6, 6.07) is 3.65. The second kappa shape index (κ2) is 5.05. The van der Waals surface area contributed by atoms with Gasteiger partial charge < -0.3 is 10.2 Å². The van der Waals surface area contributed by atoms with Gasteiger partial charge >= 0.3 is 0 Å². The maximum atomic E-state index is 12.0. The van der Waals surface area contributed by atoms with Crippen molar-refractivity contribution in [1.29, 1.82) is 0 Å². The number of aromatic amines is 1. The normalized spacial score (nSPS) is 14.6. The summed E-state index contributed by atoms with van der Waals surface area (Å²) in [5.41, 5.74) is 0.966. The highest BCUT2D eigenvalue weighted by molar-refractivity contribution is 6.04. The fourth-order valence-corrected chi connectivity index (χ4v) is 2.17. The highest BCUT2D eigenvalue weighted by Gasteiger charge is 2.18. The van der Waals surface area contributed by atoms with E-state index < -0.39 is 0 Å².